The number of benzene rings is 2. The van der Waals surface area contributed by atoms with Crippen molar-refractivity contribution in [2.24, 2.45) is 0 Å². The largest absolute Gasteiger partial charge is 0.495 e. The number of imide groups is 1. The molecule has 162 valence electrons. The lowest BCUT2D eigenvalue weighted by Gasteiger charge is -2.36. The molecule has 4 rings (SSSR count). The number of rotatable bonds is 5. The average molecular weight is 441 g/mol. The molecule has 0 bridgehead atoms. The van der Waals surface area contributed by atoms with Gasteiger partial charge in [0, 0.05) is 31.9 Å². The Bertz CT molecular complexity index is 958. The van der Waals surface area contributed by atoms with Crippen LogP contribution in [0.3, 0.4) is 0 Å². The number of thioether (sulfide) groups is 1. The fourth-order valence-electron chi connectivity index (χ4n) is 3.65. The highest BCUT2D eigenvalue weighted by Crippen LogP contribution is 2.28. The van der Waals surface area contributed by atoms with Crippen molar-refractivity contribution in [3.05, 3.63) is 54.1 Å². The molecule has 2 aliphatic heterocycles. The summed E-state index contributed by atoms with van der Waals surface area (Å²) in [6.45, 7) is 2.92. The smallest absolute Gasteiger partial charge is 0.321 e. The van der Waals surface area contributed by atoms with Gasteiger partial charge in [-0.05, 0) is 29.8 Å². The first-order valence-electron chi connectivity index (χ1n) is 10.0. The molecular formula is C22H24N4O4S. The van der Waals surface area contributed by atoms with Crippen molar-refractivity contribution in [1.29, 1.82) is 0 Å². The second-order valence-corrected chi connectivity index (χ2v) is 8.23. The molecule has 0 radical (unpaired) electrons. The van der Waals surface area contributed by atoms with Gasteiger partial charge in [-0.15, -0.1) is 0 Å². The molecule has 0 unspecified atom stereocenters. The van der Waals surface area contributed by atoms with E-state index in [4.69, 9.17) is 4.74 Å². The van der Waals surface area contributed by atoms with Gasteiger partial charge in [0.2, 0.25) is 5.91 Å². The Morgan fingerprint density at radius 1 is 1.03 bits per heavy atom. The van der Waals surface area contributed by atoms with Crippen molar-refractivity contribution in [1.82, 2.24) is 9.80 Å². The number of piperazine rings is 1. The summed E-state index contributed by atoms with van der Waals surface area (Å²) in [5.74, 6) is 0.869. The number of hydrogen-bond acceptors (Lipinski definition) is 6. The molecular weight excluding hydrogens is 416 g/mol. The topological polar surface area (TPSA) is 82.2 Å². The van der Waals surface area contributed by atoms with E-state index in [2.05, 4.69) is 10.2 Å². The zero-order chi connectivity index (χ0) is 21.8. The molecule has 9 heteroatoms. The van der Waals surface area contributed by atoms with Crippen molar-refractivity contribution >= 4 is 40.3 Å². The van der Waals surface area contributed by atoms with Crippen LogP contribution in [0.5, 0.6) is 5.75 Å². The minimum atomic E-state index is -0.213. The molecule has 2 aliphatic rings. The van der Waals surface area contributed by atoms with Gasteiger partial charge >= 0.3 is 6.03 Å². The maximum atomic E-state index is 12.7. The summed E-state index contributed by atoms with van der Waals surface area (Å²) in [7, 11) is 1.66. The summed E-state index contributed by atoms with van der Waals surface area (Å²) in [6.07, 6.45) is 0. The molecule has 0 aromatic heterocycles. The standard InChI is InChI=1S/C22H24N4O4S/c1-30-19-5-3-2-4-18(19)24-10-12-25(13-11-24)21(28)23-17-8-6-16(7-9-17)14-26-20(27)15-31-22(26)29/h2-9H,10-15H2,1H3,(H,23,28). The second kappa shape index (κ2) is 9.30. The van der Waals surface area contributed by atoms with Gasteiger partial charge in [0.05, 0.1) is 25.1 Å². The summed E-state index contributed by atoms with van der Waals surface area (Å²) < 4.78 is 5.44. The molecule has 0 spiro atoms. The first kappa shape index (κ1) is 21.0. The number of hydrogen-bond donors (Lipinski definition) is 1. The van der Waals surface area contributed by atoms with E-state index in [1.54, 1.807) is 24.1 Å². The monoisotopic (exact) mass is 440 g/mol. The SMILES string of the molecule is COc1ccccc1N1CCN(C(=O)Nc2ccc(CN3C(=O)CSC3=O)cc2)CC1. The van der Waals surface area contributed by atoms with E-state index in [0.717, 1.165) is 41.9 Å². The third kappa shape index (κ3) is 4.77. The summed E-state index contributed by atoms with van der Waals surface area (Å²) in [6, 6.07) is 15.0. The molecule has 8 nitrogen and oxygen atoms in total. The minimum absolute atomic E-state index is 0.145. The zero-order valence-electron chi connectivity index (χ0n) is 17.2. The Kier molecular flexibility index (Phi) is 6.31. The van der Waals surface area contributed by atoms with E-state index in [1.165, 1.54) is 4.90 Å². The third-order valence-electron chi connectivity index (χ3n) is 5.38. The predicted molar refractivity (Wildman–Crippen MR) is 121 cm³/mol. The maximum Gasteiger partial charge on any atom is 0.321 e. The summed E-state index contributed by atoms with van der Waals surface area (Å²) >= 11 is 1.03. The normalized spacial score (nSPS) is 16.6. The molecule has 0 atom stereocenters. The highest BCUT2D eigenvalue weighted by Gasteiger charge is 2.29. The molecule has 2 heterocycles. The Hall–Kier alpha value is -3.20. The number of nitrogens with one attached hydrogen (secondary N) is 1. The van der Waals surface area contributed by atoms with Crippen LogP contribution in [0.15, 0.2) is 48.5 Å². The molecule has 4 amide bonds. The quantitative estimate of drug-likeness (QED) is 0.769. The van der Waals surface area contributed by atoms with Crippen LogP contribution >= 0.6 is 11.8 Å². The highest BCUT2D eigenvalue weighted by molar-refractivity contribution is 8.14. The summed E-state index contributed by atoms with van der Waals surface area (Å²) in [5, 5.41) is 2.71. The Balaban J connectivity index is 1.30. The van der Waals surface area contributed by atoms with E-state index >= 15 is 0 Å². The molecule has 2 fully saturated rings. The number of methoxy groups -OCH3 is 1. The zero-order valence-corrected chi connectivity index (χ0v) is 18.1. The summed E-state index contributed by atoms with van der Waals surface area (Å²) in [5.41, 5.74) is 2.55. The number of ether oxygens (including phenoxy) is 1. The van der Waals surface area contributed by atoms with Crippen molar-refractivity contribution in [2.75, 3.05) is 49.3 Å². The van der Waals surface area contributed by atoms with Crippen LogP contribution in [-0.2, 0) is 11.3 Å². The molecule has 0 saturated carbocycles. The fourth-order valence-corrected chi connectivity index (χ4v) is 4.38. The highest BCUT2D eigenvalue weighted by atomic mass is 32.2. The van der Waals surface area contributed by atoms with Crippen molar-refractivity contribution in [3.63, 3.8) is 0 Å². The fraction of sp³-hybridized carbons (Fsp3) is 0.318. The van der Waals surface area contributed by atoms with E-state index in [0.29, 0.717) is 18.8 Å². The Morgan fingerprint density at radius 3 is 2.39 bits per heavy atom. The van der Waals surface area contributed by atoms with Gasteiger partial charge in [0.1, 0.15) is 5.75 Å². The first-order chi connectivity index (χ1) is 15.0. The lowest BCUT2D eigenvalue weighted by Crippen LogP contribution is -2.50. The van der Waals surface area contributed by atoms with E-state index in [9.17, 15) is 14.4 Å². The number of carbonyl (C=O) groups is 3. The van der Waals surface area contributed by atoms with Crippen LogP contribution in [0.25, 0.3) is 0 Å². The number of anilines is 2. The van der Waals surface area contributed by atoms with Gasteiger partial charge in [0.15, 0.2) is 0 Å². The van der Waals surface area contributed by atoms with Crippen molar-refractivity contribution < 1.29 is 19.1 Å². The van der Waals surface area contributed by atoms with E-state index < -0.39 is 0 Å². The second-order valence-electron chi connectivity index (χ2n) is 7.31. The minimum Gasteiger partial charge on any atom is -0.495 e. The first-order valence-corrected chi connectivity index (χ1v) is 11.0. The molecule has 1 N–H and O–H groups in total. The van der Waals surface area contributed by atoms with Gasteiger partial charge in [-0.25, -0.2) is 4.79 Å². The average Bonchev–Trinajstić information content (AvgIpc) is 3.12. The van der Waals surface area contributed by atoms with E-state index in [1.807, 2.05) is 36.4 Å². The van der Waals surface area contributed by atoms with Gasteiger partial charge < -0.3 is 19.9 Å². The lowest BCUT2D eigenvalue weighted by molar-refractivity contribution is -0.125. The number of urea groups is 1. The summed E-state index contributed by atoms with van der Waals surface area (Å²) in [4.78, 5) is 41.4. The van der Waals surface area contributed by atoms with Crippen molar-refractivity contribution in [2.45, 2.75) is 6.54 Å². The Labute approximate surface area is 185 Å². The predicted octanol–water partition coefficient (Wildman–Crippen LogP) is 3.24. The van der Waals surface area contributed by atoms with Gasteiger partial charge in [-0.1, -0.05) is 36.0 Å². The Morgan fingerprint density at radius 2 is 1.74 bits per heavy atom. The van der Waals surface area contributed by atoms with Gasteiger partial charge in [-0.3, -0.25) is 14.5 Å². The molecule has 2 saturated heterocycles. The molecule has 31 heavy (non-hydrogen) atoms. The van der Waals surface area contributed by atoms with Gasteiger partial charge in [-0.2, -0.15) is 0 Å². The van der Waals surface area contributed by atoms with Crippen LogP contribution in [-0.4, -0.2) is 66.0 Å². The van der Waals surface area contributed by atoms with Gasteiger partial charge in [0.25, 0.3) is 5.24 Å². The lowest BCUT2D eigenvalue weighted by atomic mass is 10.2. The molecule has 2 aromatic carbocycles. The van der Waals surface area contributed by atoms with Crippen LogP contribution < -0.4 is 15.0 Å². The third-order valence-corrected chi connectivity index (χ3v) is 6.24. The van der Waals surface area contributed by atoms with Crippen LogP contribution in [0, 0.1) is 0 Å². The van der Waals surface area contributed by atoms with Crippen LogP contribution in [0.2, 0.25) is 0 Å². The van der Waals surface area contributed by atoms with E-state index in [-0.39, 0.29) is 29.5 Å². The number of carbonyl (C=O) groups excluding carboxylic acids is 3. The van der Waals surface area contributed by atoms with Crippen molar-refractivity contribution in [3.8, 4) is 5.75 Å². The maximum absolute atomic E-state index is 12.7. The number of amides is 4. The van der Waals surface area contributed by atoms with Crippen LogP contribution in [0.1, 0.15) is 5.56 Å². The molecule has 0 aliphatic carbocycles. The van der Waals surface area contributed by atoms with Crippen LogP contribution in [0.4, 0.5) is 21.0 Å². The molecule has 2 aromatic rings. The number of para-hydroxylation sites is 2. The number of nitrogens with zero attached hydrogens (tertiary/aromatic N) is 3.